The molecule has 0 saturated carbocycles. The van der Waals surface area contributed by atoms with Gasteiger partial charge in [0.25, 0.3) is 5.91 Å². The van der Waals surface area contributed by atoms with E-state index in [0.717, 1.165) is 30.7 Å². The van der Waals surface area contributed by atoms with Crippen LogP contribution in [-0.2, 0) is 16.6 Å². The van der Waals surface area contributed by atoms with Crippen molar-refractivity contribution in [3.05, 3.63) is 53.6 Å². The van der Waals surface area contributed by atoms with E-state index in [0.29, 0.717) is 18.7 Å². The third-order valence-corrected chi connectivity index (χ3v) is 6.27. The lowest BCUT2D eigenvalue weighted by molar-refractivity contribution is 0.0950. The first-order chi connectivity index (χ1) is 12.5. The molecule has 1 aliphatic heterocycles. The Kier molecular flexibility index (Phi) is 5.63. The van der Waals surface area contributed by atoms with Gasteiger partial charge in [-0.3, -0.25) is 4.79 Å². The standard InChI is InChI=1S/C18H22N4O3S/c1-14-11-16(21-13-20-14)12-19-18(23)15-5-7-17(8-6-15)26(24,25)22-9-3-2-4-10-22/h5-8,11,13H,2-4,9-10,12H2,1H3,(H,19,23). The Morgan fingerprint density at radius 1 is 1.12 bits per heavy atom. The van der Waals surface area contributed by atoms with Crippen LogP contribution >= 0.6 is 0 Å². The summed E-state index contributed by atoms with van der Waals surface area (Å²) in [5, 5.41) is 2.77. The normalized spacial score (nSPS) is 15.6. The van der Waals surface area contributed by atoms with E-state index in [4.69, 9.17) is 0 Å². The lowest BCUT2D eigenvalue weighted by atomic mass is 10.2. The van der Waals surface area contributed by atoms with Gasteiger partial charge in [0.15, 0.2) is 0 Å². The van der Waals surface area contributed by atoms with E-state index in [1.807, 2.05) is 6.92 Å². The second-order valence-corrected chi connectivity index (χ2v) is 8.26. The van der Waals surface area contributed by atoms with Gasteiger partial charge in [0.1, 0.15) is 6.33 Å². The van der Waals surface area contributed by atoms with Crippen molar-refractivity contribution in [3.63, 3.8) is 0 Å². The van der Waals surface area contributed by atoms with Gasteiger partial charge >= 0.3 is 0 Å². The molecule has 2 aromatic rings. The molecule has 1 saturated heterocycles. The van der Waals surface area contributed by atoms with Crippen molar-refractivity contribution in [1.82, 2.24) is 19.6 Å². The number of hydrogen-bond donors (Lipinski definition) is 1. The van der Waals surface area contributed by atoms with E-state index in [-0.39, 0.29) is 17.3 Å². The monoisotopic (exact) mass is 374 g/mol. The Morgan fingerprint density at radius 3 is 2.46 bits per heavy atom. The highest BCUT2D eigenvalue weighted by Gasteiger charge is 2.25. The maximum absolute atomic E-state index is 12.6. The minimum Gasteiger partial charge on any atom is -0.346 e. The first-order valence-electron chi connectivity index (χ1n) is 8.63. The molecule has 138 valence electrons. The summed E-state index contributed by atoms with van der Waals surface area (Å²) in [7, 11) is -3.48. The maximum atomic E-state index is 12.6. The van der Waals surface area contributed by atoms with Crippen molar-refractivity contribution in [1.29, 1.82) is 0 Å². The minimum absolute atomic E-state index is 0.224. The molecule has 7 nitrogen and oxygen atoms in total. The summed E-state index contributed by atoms with van der Waals surface area (Å²) in [6, 6.07) is 7.87. The van der Waals surface area contributed by atoms with Crippen molar-refractivity contribution in [2.24, 2.45) is 0 Å². The van der Waals surface area contributed by atoms with Crippen LogP contribution in [0, 0.1) is 6.92 Å². The van der Waals surface area contributed by atoms with Crippen molar-refractivity contribution in [2.75, 3.05) is 13.1 Å². The Hall–Kier alpha value is -2.32. The molecule has 1 fully saturated rings. The fourth-order valence-electron chi connectivity index (χ4n) is 2.91. The maximum Gasteiger partial charge on any atom is 0.251 e. The number of piperidine rings is 1. The second-order valence-electron chi connectivity index (χ2n) is 6.32. The number of benzene rings is 1. The van der Waals surface area contributed by atoms with Crippen LogP contribution < -0.4 is 5.32 Å². The zero-order valence-corrected chi connectivity index (χ0v) is 15.5. The van der Waals surface area contributed by atoms with Crippen molar-refractivity contribution >= 4 is 15.9 Å². The van der Waals surface area contributed by atoms with Crippen LogP contribution in [0.15, 0.2) is 41.6 Å². The van der Waals surface area contributed by atoms with Crippen LogP contribution in [0.3, 0.4) is 0 Å². The molecule has 3 rings (SSSR count). The molecule has 1 aromatic heterocycles. The molecule has 2 heterocycles. The minimum atomic E-state index is -3.48. The number of nitrogens with zero attached hydrogens (tertiary/aromatic N) is 3. The fraction of sp³-hybridized carbons (Fsp3) is 0.389. The van der Waals surface area contributed by atoms with Gasteiger partial charge in [-0.25, -0.2) is 18.4 Å². The van der Waals surface area contributed by atoms with Crippen molar-refractivity contribution < 1.29 is 13.2 Å². The molecule has 0 atom stereocenters. The van der Waals surface area contributed by atoms with Crippen molar-refractivity contribution in [3.8, 4) is 0 Å². The zero-order valence-electron chi connectivity index (χ0n) is 14.7. The summed E-state index contributed by atoms with van der Waals surface area (Å²) in [6.07, 6.45) is 4.30. The lowest BCUT2D eigenvalue weighted by Gasteiger charge is -2.25. The largest absolute Gasteiger partial charge is 0.346 e. The van der Waals surface area contributed by atoms with E-state index in [1.165, 1.54) is 34.9 Å². The van der Waals surface area contributed by atoms with E-state index >= 15 is 0 Å². The first-order valence-corrected chi connectivity index (χ1v) is 10.1. The van der Waals surface area contributed by atoms with E-state index in [2.05, 4.69) is 15.3 Å². The van der Waals surface area contributed by atoms with E-state index < -0.39 is 10.0 Å². The number of aryl methyl sites for hydroxylation is 1. The summed E-state index contributed by atoms with van der Waals surface area (Å²) in [4.78, 5) is 20.6. The Morgan fingerprint density at radius 2 is 1.81 bits per heavy atom. The van der Waals surface area contributed by atoms with Gasteiger partial charge in [-0.15, -0.1) is 0 Å². The molecule has 1 aromatic carbocycles. The number of amides is 1. The fourth-order valence-corrected chi connectivity index (χ4v) is 4.43. The average molecular weight is 374 g/mol. The summed E-state index contributed by atoms with van der Waals surface area (Å²) < 4.78 is 26.8. The third kappa shape index (κ3) is 4.25. The average Bonchev–Trinajstić information content (AvgIpc) is 2.67. The number of carbonyl (C=O) groups excluding carboxylic acids is 1. The Bertz CT molecular complexity index is 876. The van der Waals surface area contributed by atoms with Gasteiger partial charge in [-0.2, -0.15) is 4.31 Å². The molecule has 0 spiro atoms. The molecule has 0 aliphatic carbocycles. The van der Waals surface area contributed by atoms with Crippen LogP contribution in [0.2, 0.25) is 0 Å². The molecule has 0 radical (unpaired) electrons. The predicted octanol–water partition coefficient (Wildman–Crippen LogP) is 1.89. The second kappa shape index (κ2) is 7.92. The van der Waals surface area contributed by atoms with Crippen LogP contribution in [-0.4, -0.2) is 41.7 Å². The SMILES string of the molecule is Cc1cc(CNC(=O)c2ccc(S(=O)(=O)N3CCCCC3)cc2)ncn1. The molecule has 0 unspecified atom stereocenters. The van der Waals surface area contributed by atoms with Gasteiger partial charge in [0.2, 0.25) is 10.0 Å². The number of carbonyl (C=O) groups is 1. The van der Waals surface area contributed by atoms with Crippen LogP contribution in [0.5, 0.6) is 0 Å². The summed E-state index contributed by atoms with van der Waals surface area (Å²) in [5.41, 5.74) is 1.96. The van der Waals surface area contributed by atoms with Gasteiger partial charge in [-0.05, 0) is 50.1 Å². The number of aromatic nitrogens is 2. The lowest BCUT2D eigenvalue weighted by Crippen LogP contribution is -2.35. The first kappa shape index (κ1) is 18.5. The molecule has 1 N–H and O–H groups in total. The van der Waals surface area contributed by atoms with Gasteiger partial charge in [0.05, 0.1) is 17.1 Å². The number of sulfonamides is 1. The topological polar surface area (TPSA) is 92.3 Å². The van der Waals surface area contributed by atoms with Crippen LogP contribution in [0.4, 0.5) is 0 Å². The van der Waals surface area contributed by atoms with Gasteiger partial charge in [-0.1, -0.05) is 6.42 Å². The smallest absolute Gasteiger partial charge is 0.251 e. The zero-order chi connectivity index (χ0) is 18.6. The Labute approximate surface area is 153 Å². The van der Waals surface area contributed by atoms with Crippen molar-refractivity contribution in [2.45, 2.75) is 37.6 Å². The summed E-state index contributed by atoms with van der Waals surface area (Å²) in [6.45, 7) is 3.26. The molecular weight excluding hydrogens is 352 g/mol. The van der Waals surface area contributed by atoms with Gasteiger partial charge in [0, 0.05) is 24.3 Å². The van der Waals surface area contributed by atoms with E-state index in [1.54, 1.807) is 6.07 Å². The number of rotatable bonds is 5. The summed E-state index contributed by atoms with van der Waals surface area (Å²) >= 11 is 0. The molecular formula is C18H22N4O3S. The van der Waals surface area contributed by atoms with Crippen LogP contribution in [0.1, 0.15) is 41.0 Å². The number of nitrogens with one attached hydrogen (secondary N) is 1. The van der Waals surface area contributed by atoms with Crippen LogP contribution in [0.25, 0.3) is 0 Å². The molecule has 0 bridgehead atoms. The molecule has 26 heavy (non-hydrogen) atoms. The highest BCUT2D eigenvalue weighted by molar-refractivity contribution is 7.89. The van der Waals surface area contributed by atoms with E-state index in [9.17, 15) is 13.2 Å². The molecule has 8 heteroatoms. The Balaban J connectivity index is 1.65. The molecule has 1 aliphatic rings. The molecule has 1 amide bonds. The number of hydrogen-bond acceptors (Lipinski definition) is 5. The highest BCUT2D eigenvalue weighted by atomic mass is 32.2. The summed E-state index contributed by atoms with van der Waals surface area (Å²) in [5.74, 6) is -0.275. The van der Waals surface area contributed by atoms with Gasteiger partial charge < -0.3 is 5.32 Å². The quantitative estimate of drug-likeness (QED) is 0.863. The predicted molar refractivity (Wildman–Crippen MR) is 97.0 cm³/mol. The third-order valence-electron chi connectivity index (χ3n) is 4.36. The highest BCUT2D eigenvalue weighted by Crippen LogP contribution is 2.20.